The summed E-state index contributed by atoms with van der Waals surface area (Å²) in [6.07, 6.45) is 3.51. The maximum absolute atomic E-state index is 5.75. The van der Waals surface area contributed by atoms with E-state index in [0.717, 1.165) is 23.6 Å². The van der Waals surface area contributed by atoms with Crippen LogP contribution < -0.4 is 10.6 Å². The first-order chi connectivity index (χ1) is 8.66. The Bertz CT molecular complexity index is 480. The van der Waals surface area contributed by atoms with Crippen molar-refractivity contribution >= 4 is 5.82 Å². The van der Waals surface area contributed by atoms with Gasteiger partial charge in [-0.05, 0) is 31.2 Å². The maximum atomic E-state index is 5.75. The number of rotatable bonds is 4. The van der Waals surface area contributed by atoms with Gasteiger partial charge in [0.2, 0.25) is 0 Å². The van der Waals surface area contributed by atoms with Crippen molar-refractivity contribution in [3.8, 4) is 11.3 Å². The van der Waals surface area contributed by atoms with Crippen LogP contribution in [0.15, 0.2) is 36.7 Å². The van der Waals surface area contributed by atoms with Crippen LogP contribution in [0.25, 0.3) is 11.3 Å². The van der Waals surface area contributed by atoms with Crippen molar-refractivity contribution in [2.24, 2.45) is 5.73 Å². The largest absolute Gasteiger partial charge is 0.357 e. The molecule has 0 aliphatic heterocycles. The molecule has 0 bridgehead atoms. The second kappa shape index (κ2) is 5.55. The molecule has 2 N–H and O–H groups in total. The monoisotopic (exact) mass is 243 g/mol. The molecular formula is C13H17N5. The topological polar surface area (TPSA) is 67.9 Å². The fraction of sp³-hybridized carbons (Fsp3) is 0.308. The van der Waals surface area contributed by atoms with Crippen LogP contribution in [0.5, 0.6) is 0 Å². The summed E-state index contributed by atoms with van der Waals surface area (Å²) in [4.78, 5) is 6.05. The molecule has 2 aromatic heterocycles. The highest BCUT2D eigenvalue weighted by Gasteiger charge is 2.06. The van der Waals surface area contributed by atoms with Crippen molar-refractivity contribution in [3.05, 3.63) is 36.7 Å². The molecule has 2 heterocycles. The summed E-state index contributed by atoms with van der Waals surface area (Å²) in [5, 5.41) is 8.41. The van der Waals surface area contributed by atoms with E-state index in [4.69, 9.17) is 5.73 Å². The molecule has 0 radical (unpaired) electrons. The molecule has 0 aromatic carbocycles. The van der Waals surface area contributed by atoms with Crippen molar-refractivity contribution in [1.29, 1.82) is 0 Å². The van der Waals surface area contributed by atoms with Gasteiger partial charge >= 0.3 is 0 Å². The highest BCUT2D eigenvalue weighted by molar-refractivity contribution is 5.58. The second-order valence-electron chi connectivity index (χ2n) is 4.38. The summed E-state index contributed by atoms with van der Waals surface area (Å²) in [7, 11) is 1.96. The van der Waals surface area contributed by atoms with Crippen LogP contribution in [0.2, 0.25) is 0 Å². The minimum atomic E-state index is 0.106. The Morgan fingerprint density at radius 3 is 2.67 bits per heavy atom. The average Bonchev–Trinajstić information content (AvgIpc) is 2.39. The molecule has 0 amide bonds. The molecule has 94 valence electrons. The number of hydrogen-bond donors (Lipinski definition) is 1. The SMILES string of the molecule is CC(N)CN(C)c1ccc(-c2cccnc2)nn1. The molecule has 0 saturated carbocycles. The molecule has 1 atom stereocenters. The molecule has 0 aliphatic rings. The highest BCUT2D eigenvalue weighted by Crippen LogP contribution is 2.16. The van der Waals surface area contributed by atoms with Crippen LogP contribution in [0.1, 0.15) is 6.92 Å². The quantitative estimate of drug-likeness (QED) is 0.877. The van der Waals surface area contributed by atoms with Crippen LogP contribution in [-0.4, -0.2) is 34.8 Å². The lowest BCUT2D eigenvalue weighted by atomic mass is 10.2. The highest BCUT2D eigenvalue weighted by atomic mass is 15.2. The first kappa shape index (κ1) is 12.4. The van der Waals surface area contributed by atoms with Crippen molar-refractivity contribution in [3.63, 3.8) is 0 Å². The van der Waals surface area contributed by atoms with E-state index >= 15 is 0 Å². The lowest BCUT2D eigenvalue weighted by Crippen LogP contribution is -2.33. The summed E-state index contributed by atoms with van der Waals surface area (Å²) in [6.45, 7) is 2.72. The van der Waals surface area contributed by atoms with E-state index in [1.54, 1.807) is 12.4 Å². The molecule has 0 spiro atoms. The number of nitrogens with two attached hydrogens (primary N) is 1. The number of nitrogens with zero attached hydrogens (tertiary/aromatic N) is 4. The maximum Gasteiger partial charge on any atom is 0.151 e. The molecule has 5 heteroatoms. The normalized spacial score (nSPS) is 12.2. The van der Waals surface area contributed by atoms with E-state index in [0.29, 0.717) is 0 Å². The Labute approximate surface area is 107 Å². The average molecular weight is 243 g/mol. The molecule has 5 nitrogen and oxygen atoms in total. The Morgan fingerprint density at radius 1 is 1.28 bits per heavy atom. The fourth-order valence-electron chi connectivity index (χ4n) is 1.72. The Balaban J connectivity index is 2.15. The molecule has 2 aromatic rings. The first-order valence-corrected chi connectivity index (χ1v) is 5.87. The van der Waals surface area contributed by atoms with Gasteiger partial charge in [-0.25, -0.2) is 0 Å². The summed E-state index contributed by atoms with van der Waals surface area (Å²) in [5.41, 5.74) is 7.54. The zero-order chi connectivity index (χ0) is 13.0. The third kappa shape index (κ3) is 3.01. The minimum Gasteiger partial charge on any atom is -0.357 e. The summed E-state index contributed by atoms with van der Waals surface area (Å²) in [6, 6.07) is 7.83. The van der Waals surface area contributed by atoms with E-state index in [2.05, 4.69) is 15.2 Å². The van der Waals surface area contributed by atoms with Crippen LogP contribution >= 0.6 is 0 Å². The molecule has 0 saturated heterocycles. The van der Waals surface area contributed by atoms with Gasteiger partial charge in [-0.15, -0.1) is 10.2 Å². The van der Waals surface area contributed by atoms with Gasteiger partial charge in [0, 0.05) is 37.6 Å². The van der Waals surface area contributed by atoms with Crippen molar-refractivity contribution < 1.29 is 0 Å². The second-order valence-corrected chi connectivity index (χ2v) is 4.38. The van der Waals surface area contributed by atoms with Gasteiger partial charge in [-0.2, -0.15) is 0 Å². The number of hydrogen-bond acceptors (Lipinski definition) is 5. The van der Waals surface area contributed by atoms with Gasteiger partial charge in [0.05, 0.1) is 5.69 Å². The molecule has 18 heavy (non-hydrogen) atoms. The van der Waals surface area contributed by atoms with Gasteiger partial charge < -0.3 is 10.6 Å². The number of anilines is 1. The number of aromatic nitrogens is 3. The van der Waals surface area contributed by atoms with Crippen molar-refractivity contribution in [1.82, 2.24) is 15.2 Å². The molecular weight excluding hydrogens is 226 g/mol. The zero-order valence-electron chi connectivity index (χ0n) is 10.6. The third-order valence-corrected chi connectivity index (χ3v) is 2.56. The van der Waals surface area contributed by atoms with Crippen LogP contribution in [0.4, 0.5) is 5.82 Å². The zero-order valence-corrected chi connectivity index (χ0v) is 10.6. The van der Waals surface area contributed by atoms with E-state index < -0.39 is 0 Å². The van der Waals surface area contributed by atoms with Crippen molar-refractivity contribution in [2.75, 3.05) is 18.5 Å². The van der Waals surface area contributed by atoms with E-state index in [-0.39, 0.29) is 6.04 Å². The Hall–Kier alpha value is -2.01. The van der Waals surface area contributed by atoms with Gasteiger partial charge in [-0.1, -0.05) is 0 Å². The number of likely N-dealkylation sites (N-methyl/N-ethyl adjacent to an activating group) is 1. The standard InChI is InChI=1S/C13H17N5/c1-10(14)9-18(2)13-6-5-12(16-17-13)11-4-3-7-15-8-11/h3-8,10H,9,14H2,1-2H3. The lowest BCUT2D eigenvalue weighted by Gasteiger charge is -2.19. The van der Waals surface area contributed by atoms with E-state index in [1.807, 2.05) is 43.1 Å². The molecule has 0 fully saturated rings. The van der Waals surface area contributed by atoms with Gasteiger partial charge in [-0.3, -0.25) is 4.98 Å². The van der Waals surface area contributed by atoms with E-state index in [9.17, 15) is 0 Å². The molecule has 0 aliphatic carbocycles. The molecule has 2 rings (SSSR count). The van der Waals surface area contributed by atoms with Crippen molar-refractivity contribution in [2.45, 2.75) is 13.0 Å². The first-order valence-electron chi connectivity index (χ1n) is 5.87. The Morgan fingerprint density at radius 2 is 2.11 bits per heavy atom. The smallest absolute Gasteiger partial charge is 0.151 e. The summed E-state index contributed by atoms with van der Waals surface area (Å²) >= 11 is 0. The van der Waals surface area contributed by atoms with Gasteiger partial charge in [0.1, 0.15) is 0 Å². The Kier molecular flexibility index (Phi) is 3.84. The van der Waals surface area contributed by atoms with Crippen LogP contribution in [-0.2, 0) is 0 Å². The minimum absolute atomic E-state index is 0.106. The summed E-state index contributed by atoms with van der Waals surface area (Å²) < 4.78 is 0. The van der Waals surface area contributed by atoms with Gasteiger partial charge in [0.25, 0.3) is 0 Å². The number of pyridine rings is 1. The predicted octanol–water partition coefficient (Wildman–Crippen LogP) is 1.32. The predicted molar refractivity (Wildman–Crippen MR) is 72.2 cm³/mol. The van der Waals surface area contributed by atoms with Gasteiger partial charge in [0.15, 0.2) is 5.82 Å². The summed E-state index contributed by atoms with van der Waals surface area (Å²) in [5.74, 6) is 0.819. The van der Waals surface area contributed by atoms with E-state index in [1.165, 1.54) is 0 Å². The lowest BCUT2D eigenvalue weighted by molar-refractivity contribution is 0.708. The third-order valence-electron chi connectivity index (χ3n) is 2.56. The molecule has 1 unspecified atom stereocenters. The fourth-order valence-corrected chi connectivity index (χ4v) is 1.72. The van der Waals surface area contributed by atoms with Crippen LogP contribution in [0, 0.1) is 0 Å². The van der Waals surface area contributed by atoms with Crippen LogP contribution in [0.3, 0.4) is 0 Å².